The highest BCUT2D eigenvalue weighted by Gasteiger charge is 2.36. The average molecular weight is 428 g/mol. The van der Waals surface area contributed by atoms with Crippen molar-refractivity contribution < 1.29 is 14.3 Å². The van der Waals surface area contributed by atoms with E-state index in [1.165, 1.54) is 24.9 Å². The lowest BCUT2D eigenvalue weighted by Crippen LogP contribution is -2.54. The molecular formula is C25H37N3O3. The molecule has 3 fully saturated rings. The molecule has 3 aliphatic rings. The van der Waals surface area contributed by atoms with Crippen molar-refractivity contribution >= 4 is 17.6 Å². The monoisotopic (exact) mass is 427 g/mol. The van der Waals surface area contributed by atoms with E-state index >= 15 is 0 Å². The Morgan fingerprint density at radius 3 is 2.29 bits per heavy atom. The number of benzene rings is 1. The molecule has 2 heterocycles. The summed E-state index contributed by atoms with van der Waals surface area (Å²) < 4.78 is 5.34. The van der Waals surface area contributed by atoms with Crippen LogP contribution in [0, 0.1) is 0 Å². The highest BCUT2D eigenvalue weighted by molar-refractivity contribution is 5.94. The predicted octanol–water partition coefficient (Wildman–Crippen LogP) is 3.75. The Labute approximate surface area is 186 Å². The zero-order valence-electron chi connectivity index (χ0n) is 18.9. The minimum atomic E-state index is -0.0667. The van der Waals surface area contributed by atoms with Gasteiger partial charge in [0.25, 0.3) is 5.91 Å². The van der Waals surface area contributed by atoms with Gasteiger partial charge in [0.1, 0.15) is 6.04 Å². The number of nitrogens with zero attached hydrogens (tertiary/aromatic N) is 2. The molecule has 1 aromatic rings. The molecule has 0 radical (unpaired) electrons. The Morgan fingerprint density at radius 2 is 1.61 bits per heavy atom. The molecule has 4 rings (SSSR count). The first kappa shape index (κ1) is 22.1. The molecule has 2 aliphatic heterocycles. The molecule has 2 saturated heterocycles. The Kier molecular flexibility index (Phi) is 7.49. The van der Waals surface area contributed by atoms with E-state index in [2.05, 4.69) is 27.2 Å². The van der Waals surface area contributed by atoms with E-state index in [9.17, 15) is 9.59 Å². The number of anilines is 1. The molecular weight excluding hydrogens is 390 g/mol. The van der Waals surface area contributed by atoms with E-state index in [-0.39, 0.29) is 17.9 Å². The van der Waals surface area contributed by atoms with Crippen LogP contribution in [-0.4, -0.2) is 61.1 Å². The van der Waals surface area contributed by atoms with Crippen molar-refractivity contribution in [2.75, 3.05) is 31.1 Å². The van der Waals surface area contributed by atoms with Crippen LogP contribution in [0.1, 0.15) is 75.1 Å². The van der Waals surface area contributed by atoms with E-state index in [4.69, 9.17) is 4.74 Å². The van der Waals surface area contributed by atoms with Gasteiger partial charge in [-0.3, -0.25) is 14.5 Å². The molecule has 1 N–H and O–H groups in total. The first-order valence-electron chi connectivity index (χ1n) is 12.2. The molecule has 31 heavy (non-hydrogen) atoms. The van der Waals surface area contributed by atoms with Gasteiger partial charge in [0, 0.05) is 36.4 Å². The van der Waals surface area contributed by atoms with E-state index in [0.717, 1.165) is 63.7 Å². The summed E-state index contributed by atoms with van der Waals surface area (Å²) in [4.78, 5) is 29.7. The molecule has 1 aromatic carbocycles. The number of ether oxygens (including phenoxy) is 1. The molecule has 1 saturated carbocycles. The Balaban J connectivity index is 1.31. The third-order valence-electron chi connectivity index (χ3n) is 7.22. The quantitative estimate of drug-likeness (QED) is 0.701. The molecule has 6 nitrogen and oxygen atoms in total. The number of likely N-dealkylation sites (tertiary alicyclic amines) is 1. The second kappa shape index (κ2) is 10.5. The average Bonchev–Trinajstić information content (AvgIpc) is 3.32. The van der Waals surface area contributed by atoms with Crippen LogP contribution in [0.2, 0.25) is 0 Å². The maximum atomic E-state index is 12.5. The minimum absolute atomic E-state index is 0.0453. The number of hydrogen-bond donors (Lipinski definition) is 1. The summed E-state index contributed by atoms with van der Waals surface area (Å²) in [5.74, 6) is 0.00311. The van der Waals surface area contributed by atoms with Crippen LogP contribution in [0.3, 0.4) is 0 Å². The number of rotatable bonds is 6. The normalized spacial score (nSPS) is 23.6. The van der Waals surface area contributed by atoms with Gasteiger partial charge < -0.3 is 15.0 Å². The second-order valence-electron chi connectivity index (χ2n) is 9.22. The van der Waals surface area contributed by atoms with Gasteiger partial charge in [0.05, 0.1) is 6.61 Å². The van der Waals surface area contributed by atoms with Crippen LogP contribution in [0.5, 0.6) is 0 Å². The van der Waals surface area contributed by atoms with E-state index in [1.807, 2.05) is 19.1 Å². The van der Waals surface area contributed by atoms with Gasteiger partial charge in [-0.05, 0) is 76.3 Å². The van der Waals surface area contributed by atoms with Gasteiger partial charge in [-0.15, -0.1) is 0 Å². The Hall–Kier alpha value is -2.08. The van der Waals surface area contributed by atoms with Crippen LogP contribution in [0.4, 0.5) is 5.69 Å². The second-order valence-corrected chi connectivity index (χ2v) is 9.22. The molecule has 170 valence electrons. The number of carbonyl (C=O) groups excluding carboxylic acids is 2. The molecule has 0 unspecified atom stereocenters. The third kappa shape index (κ3) is 5.40. The summed E-state index contributed by atoms with van der Waals surface area (Å²) in [6.45, 7) is 5.29. The lowest BCUT2D eigenvalue weighted by atomic mass is 9.94. The van der Waals surface area contributed by atoms with Crippen molar-refractivity contribution in [2.24, 2.45) is 0 Å². The lowest BCUT2D eigenvalue weighted by molar-refractivity contribution is -0.152. The number of amides is 1. The van der Waals surface area contributed by atoms with Gasteiger partial charge in [0.15, 0.2) is 0 Å². The van der Waals surface area contributed by atoms with E-state index in [0.29, 0.717) is 18.7 Å². The van der Waals surface area contributed by atoms with Crippen LogP contribution in [-0.2, 0) is 9.53 Å². The zero-order chi connectivity index (χ0) is 21.6. The molecule has 1 atom stereocenters. The summed E-state index contributed by atoms with van der Waals surface area (Å²) in [5.41, 5.74) is 1.92. The molecule has 0 bridgehead atoms. The van der Waals surface area contributed by atoms with Crippen LogP contribution < -0.4 is 10.2 Å². The highest BCUT2D eigenvalue weighted by atomic mass is 16.5. The topological polar surface area (TPSA) is 61.9 Å². The van der Waals surface area contributed by atoms with Crippen molar-refractivity contribution in [1.82, 2.24) is 10.2 Å². The van der Waals surface area contributed by atoms with Gasteiger partial charge in [-0.25, -0.2) is 0 Å². The van der Waals surface area contributed by atoms with Crippen molar-refractivity contribution in [3.8, 4) is 0 Å². The number of piperidine rings is 2. The number of esters is 1. The molecule has 0 spiro atoms. The molecule has 6 heteroatoms. The van der Waals surface area contributed by atoms with Crippen LogP contribution in [0.15, 0.2) is 24.3 Å². The third-order valence-corrected chi connectivity index (χ3v) is 7.22. The smallest absolute Gasteiger partial charge is 0.323 e. The standard InChI is InChI=1S/C25H37N3O3/c1-2-31-25(30)23-9-5-6-16-28(23)22-14-17-27(18-15-22)21-12-10-19(11-13-21)24(29)26-20-7-3-4-8-20/h10-13,20,22-23H,2-9,14-18H2,1H3,(H,26,29)/t23-/m0/s1. The fourth-order valence-corrected chi connectivity index (χ4v) is 5.50. The minimum Gasteiger partial charge on any atom is -0.465 e. The van der Waals surface area contributed by atoms with Crippen molar-refractivity contribution in [3.05, 3.63) is 29.8 Å². The molecule has 1 aliphatic carbocycles. The number of nitrogens with one attached hydrogen (secondary N) is 1. The predicted molar refractivity (Wildman–Crippen MR) is 122 cm³/mol. The first-order chi connectivity index (χ1) is 15.2. The summed E-state index contributed by atoms with van der Waals surface area (Å²) in [7, 11) is 0. The fraction of sp³-hybridized carbons (Fsp3) is 0.680. The van der Waals surface area contributed by atoms with Gasteiger partial charge >= 0.3 is 5.97 Å². The fourth-order valence-electron chi connectivity index (χ4n) is 5.50. The maximum Gasteiger partial charge on any atom is 0.323 e. The number of hydrogen-bond acceptors (Lipinski definition) is 5. The summed E-state index contributed by atoms with van der Waals surface area (Å²) in [6, 6.07) is 8.78. The molecule has 0 aromatic heterocycles. The maximum absolute atomic E-state index is 12.5. The summed E-state index contributed by atoms with van der Waals surface area (Å²) in [5, 5.41) is 3.16. The van der Waals surface area contributed by atoms with Crippen molar-refractivity contribution in [3.63, 3.8) is 0 Å². The van der Waals surface area contributed by atoms with Crippen molar-refractivity contribution in [1.29, 1.82) is 0 Å². The van der Waals surface area contributed by atoms with E-state index in [1.54, 1.807) is 0 Å². The SMILES string of the molecule is CCOC(=O)[C@@H]1CCCCN1C1CCN(c2ccc(C(=O)NC3CCCC3)cc2)CC1. The zero-order valence-corrected chi connectivity index (χ0v) is 18.9. The number of carbonyl (C=O) groups is 2. The van der Waals surface area contributed by atoms with Crippen LogP contribution in [0.25, 0.3) is 0 Å². The van der Waals surface area contributed by atoms with Gasteiger partial charge in [-0.1, -0.05) is 19.3 Å². The Morgan fingerprint density at radius 1 is 0.935 bits per heavy atom. The summed E-state index contributed by atoms with van der Waals surface area (Å²) in [6.07, 6.45) is 9.96. The first-order valence-corrected chi connectivity index (χ1v) is 12.2. The Bertz CT molecular complexity index is 737. The summed E-state index contributed by atoms with van der Waals surface area (Å²) >= 11 is 0. The van der Waals surface area contributed by atoms with Crippen molar-refractivity contribution in [2.45, 2.75) is 82.8 Å². The highest BCUT2D eigenvalue weighted by Crippen LogP contribution is 2.28. The van der Waals surface area contributed by atoms with Gasteiger partial charge in [0.2, 0.25) is 0 Å². The van der Waals surface area contributed by atoms with Crippen LogP contribution >= 0.6 is 0 Å². The lowest BCUT2D eigenvalue weighted by Gasteiger charge is -2.44. The van der Waals surface area contributed by atoms with E-state index < -0.39 is 0 Å². The largest absolute Gasteiger partial charge is 0.465 e. The molecule has 1 amide bonds. The van der Waals surface area contributed by atoms with Gasteiger partial charge in [-0.2, -0.15) is 0 Å².